The van der Waals surface area contributed by atoms with E-state index >= 15 is 0 Å². The molecule has 0 bridgehead atoms. The molecule has 0 fully saturated rings. The van der Waals surface area contributed by atoms with Crippen molar-refractivity contribution in [2.45, 2.75) is 42.0 Å². The highest BCUT2D eigenvalue weighted by Gasteiger charge is 2.37. The highest BCUT2D eigenvalue weighted by atomic mass is 32.2. The van der Waals surface area contributed by atoms with E-state index in [1.807, 2.05) is 47.6 Å². The van der Waals surface area contributed by atoms with Crippen LogP contribution in [0.3, 0.4) is 0 Å². The molecule has 1 aliphatic heterocycles. The molecule has 0 amide bonds. The van der Waals surface area contributed by atoms with Gasteiger partial charge in [0.1, 0.15) is 17.3 Å². The average Bonchev–Trinajstić information content (AvgIpc) is 2.88. The molecule has 1 atom stereocenters. The Kier molecular flexibility index (Phi) is 8.69. The molecule has 1 N–H and O–H groups in total. The average molecular weight is 527 g/mol. The van der Waals surface area contributed by atoms with Crippen molar-refractivity contribution in [3.63, 3.8) is 0 Å². The lowest BCUT2D eigenvalue weighted by Gasteiger charge is -2.29. The topological polar surface area (TPSA) is 104 Å². The quantitative estimate of drug-likeness (QED) is 0.376. The van der Waals surface area contributed by atoms with Gasteiger partial charge in [0.15, 0.2) is 0 Å². The SMILES string of the molecule is CCCCC1CN(c2ccccc2)c2cc(SC)c(OC/C=C/S(=O)(=O)O)cc2S(=O)(=O)N1C. The molecule has 0 saturated carbocycles. The Morgan fingerprint density at radius 2 is 1.94 bits per heavy atom. The van der Waals surface area contributed by atoms with Crippen LogP contribution in [0.15, 0.2) is 63.7 Å². The number of ether oxygens (including phenoxy) is 1. The molecule has 0 aromatic heterocycles. The van der Waals surface area contributed by atoms with Crippen molar-refractivity contribution >= 4 is 43.3 Å². The molecule has 186 valence electrons. The molecule has 0 spiro atoms. The van der Waals surface area contributed by atoms with Crippen molar-refractivity contribution in [2.75, 3.05) is 31.4 Å². The molecule has 0 aliphatic carbocycles. The number of hydrogen-bond acceptors (Lipinski definition) is 7. The largest absolute Gasteiger partial charge is 0.488 e. The smallest absolute Gasteiger partial charge is 0.287 e. The second-order valence-electron chi connectivity index (χ2n) is 7.93. The van der Waals surface area contributed by atoms with Crippen LogP contribution in [0.1, 0.15) is 26.2 Å². The Morgan fingerprint density at radius 1 is 1.24 bits per heavy atom. The molecule has 1 aliphatic rings. The van der Waals surface area contributed by atoms with Gasteiger partial charge in [-0.25, -0.2) is 8.42 Å². The number of unbranched alkanes of at least 4 members (excludes halogenated alkanes) is 1. The molecule has 2 aromatic rings. The van der Waals surface area contributed by atoms with E-state index in [9.17, 15) is 16.8 Å². The van der Waals surface area contributed by atoms with Crippen molar-refractivity contribution in [3.8, 4) is 5.75 Å². The molecular weight excluding hydrogens is 496 g/mol. The van der Waals surface area contributed by atoms with Crippen LogP contribution >= 0.6 is 11.8 Å². The summed E-state index contributed by atoms with van der Waals surface area (Å²) in [5, 5.41) is 0.634. The highest BCUT2D eigenvalue weighted by molar-refractivity contribution is 7.98. The van der Waals surface area contributed by atoms with Gasteiger partial charge in [0.25, 0.3) is 10.1 Å². The summed E-state index contributed by atoms with van der Waals surface area (Å²) in [5.74, 6) is 0.322. The highest BCUT2D eigenvalue weighted by Crippen LogP contribution is 2.43. The maximum Gasteiger partial charge on any atom is 0.287 e. The number of benzene rings is 2. The lowest BCUT2D eigenvalue weighted by molar-refractivity contribution is 0.349. The summed E-state index contributed by atoms with van der Waals surface area (Å²) in [6.07, 6.45) is 5.63. The van der Waals surface area contributed by atoms with E-state index < -0.39 is 20.1 Å². The summed E-state index contributed by atoms with van der Waals surface area (Å²) >= 11 is 1.40. The molecule has 3 rings (SSSR count). The number of anilines is 2. The van der Waals surface area contributed by atoms with Gasteiger partial charge >= 0.3 is 0 Å². The summed E-state index contributed by atoms with van der Waals surface area (Å²) in [6.45, 7) is 2.45. The predicted molar refractivity (Wildman–Crippen MR) is 136 cm³/mol. The predicted octanol–water partition coefficient (Wildman–Crippen LogP) is 4.52. The lowest BCUT2D eigenvalue weighted by atomic mass is 10.1. The third-order valence-electron chi connectivity index (χ3n) is 5.66. The van der Waals surface area contributed by atoms with Crippen molar-refractivity contribution in [1.29, 1.82) is 0 Å². The Balaban J connectivity index is 2.13. The first-order valence-electron chi connectivity index (χ1n) is 10.9. The summed E-state index contributed by atoms with van der Waals surface area (Å²) in [5.41, 5.74) is 1.47. The fourth-order valence-corrected chi connectivity index (χ4v) is 6.29. The number of hydrogen-bond donors (Lipinski definition) is 1. The van der Waals surface area contributed by atoms with Crippen molar-refractivity contribution < 1.29 is 26.1 Å². The Morgan fingerprint density at radius 3 is 2.56 bits per heavy atom. The molecule has 11 heteroatoms. The molecule has 8 nitrogen and oxygen atoms in total. The fourth-order valence-electron chi connectivity index (χ4n) is 3.86. The van der Waals surface area contributed by atoms with Crippen LogP contribution in [-0.2, 0) is 20.1 Å². The van der Waals surface area contributed by atoms with Gasteiger partial charge in [-0.1, -0.05) is 38.0 Å². The van der Waals surface area contributed by atoms with Crippen molar-refractivity contribution in [3.05, 3.63) is 53.9 Å². The third kappa shape index (κ3) is 6.14. The van der Waals surface area contributed by atoms with E-state index in [1.54, 1.807) is 7.05 Å². The van der Waals surface area contributed by atoms with Gasteiger partial charge in [0.2, 0.25) is 10.0 Å². The Labute approximate surface area is 206 Å². The molecule has 34 heavy (non-hydrogen) atoms. The van der Waals surface area contributed by atoms with E-state index in [1.165, 1.54) is 22.1 Å². The monoisotopic (exact) mass is 526 g/mol. The molecule has 1 heterocycles. The lowest BCUT2D eigenvalue weighted by Crippen LogP contribution is -2.40. The first-order valence-corrected chi connectivity index (χ1v) is 15.0. The summed E-state index contributed by atoms with van der Waals surface area (Å²) in [7, 11) is -6.48. The second kappa shape index (κ2) is 11.1. The van der Waals surface area contributed by atoms with E-state index in [0.29, 0.717) is 28.3 Å². The Hall–Kier alpha value is -2.05. The van der Waals surface area contributed by atoms with Crippen LogP contribution in [0.2, 0.25) is 0 Å². The van der Waals surface area contributed by atoms with Crippen LogP contribution in [0, 0.1) is 0 Å². The van der Waals surface area contributed by atoms with Gasteiger partial charge < -0.3 is 9.64 Å². The minimum absolute atomic E-state index is 0.129. The zero-order chi connectivity index (χ0) is 24.9. The standard InChI is InChI=1S/C23H30N2O6S3/c1-4-5-10-19-17-25(18-11-7-6-8-12-18)20-15-22(32-3)21(31-13-9-14-33(26,27)28)16-23(20)34(29,30)24(19)2/h6-9,11-12,14-16,19H,4-5,10,13,17H2,1-3H3,(H,26,27,28)/b14-9+. The maximum atomic E-state index is 13.7. The van der Waals surface area contributed by atoms with E-state index in [-0.39, 0.29) is 17.5 Å². The van der Waals surface area contributed by atoms with Crippen LogP contribution in [-0.4, -0.2) is 58.2 Å². The molecule has 1 unspecified atom stereocenters. The number of likely N-dealkylation sites (N-methyl/N-ethyl adjacent to an activating group) is 1. The number of para-hydroxylation sites is 1. The van der Waals surface area contributed by atoms with E-state index in [2.05, 4.69) is 6.92 Å². The molecule has 0 radical (unpaired) electrons. The van der Waals surface area contributed by atoms with Gasteiger partial charge in [0, 0.05) is 31.4 Å². The van der Waals surface area contributed by atoms with Crippen molar-refractivity contribution in [2.24, 2.45) is 0 Å². The van der Waals surface area contributed by atoms with Crippen LogP contribution in [0.25, 0.3) is 0 Å². The first-order chi connectivity index (χ1) is 16.1. The van der Waals surface area contributed by atoms with Gasteiger partial charge in [0.05, 0.1) is 16.0 Å². The third-order valence-corrected chi connectivity index (χ3v) is 8.90. The molecule has 2 aromatic carbocycles. The second-order valence-corrected chi connectivity index (χ2v) is 12.0. The van der Waals surface area contributed by atoms with E-state index in [0.717, 1.165) is 31.0 Å². The van der Waals surface area contributed by atoms with Gasteiger partial charge in [-0.2, -0.15) is 12.7 Å². The van der Waals surface area contributed by atoms with Crippen LogP contribution < -0.4 is 9.64 Å². The normalized spacial score (nSPS) is 18.6. The number of rotatable bonds is 9. The van der Waals surface area contributed by atoms with Gasteiger partial charge in [-0.05, 0) is 37.0 Å². The number of sulfonamides is 1. The Bertz CT molecular complexity index is 1230. The number of thioether (sulfide) groups is 1. The maximum absolute atomic E-state index is 13.7. The van der Waals surface area contributed by atoms with Crippen molar-refractivity contribution in [1.82, 2.24) is 4.31 Å². The molecule has 0 saturated heterocycles. The van der Waals surface area contributed by atoms with Crippen LogP contribution in [0.4, 0.5) is 11.4 Å². The fraction of sp³-hybridized carbons (Fsp3) is 0.391. The molecular formula is C23H30N2O6S3. The number of fused-ring (bicyclic) bond motifs is 1. The minimum atomic E-state index is -4.27. The summed E-state index contributed by atoms with van der Waals surface area (Å²) in [4.78, 5) is 2.88. The van der Waals surface area contributed by atoms with Gasteiger partial charge in [-0.15, -0.1) is 11.8 Å². The van der Waals surface area contributed by atoms with E-state index in [4.69, 9.17) is 9.29 Å². The first kappa shape index (κ1) is 26.6. The zero-order valence-corrected chi connectivity index (χ0v) is 21.9. The minimum Gasteiger partial charge on any atom is -0.488 e. The summed E-state index contributed by atoms with van der Waals surface area (Å²) in [6, 6.07) is 12.8. The van der Waals surface area contributed by atoms with Gasteiger partial charge in [-0.3, -0.25) is 4.55 Å². The number of nitrogens with zero attached hydrogens (tertiary/aromatic N) is 2. The van der Waals surface area contributed by atoms with Crippen LogP contribution in [0.5, 0.6) is 5.75 Å². The summed E-state index contributed by atoms with van der Waals surface area (Å²) < 4.78 is 65.2. The zero-order valence-electron chi connectivity index (χ0n) is 19.4.